The van der Waals surface area contributed by atoms with Crippen LogP contribution in [0, 0.1) is 0 Å². The molecular formula is C21H16N4OS. The summed E-state index contributed by atoms with van der Waals surface area (Å²) in [5.74, 6) is 0.796. The molecule has 3 N–H and O–H groups in total. The lowest BCUT2D eigenvalue weighted by atomic mass is 10.2. The van der Waals surface area contributed by atoms with E-state index >= 15 is 0 Å². The minimum Gasteiger partial charge on any atom is -0.390 e. The Kier molecular flexibility index (Phi) is 3.85. The quantitative estimate of drug-likeness (QED) is 0.411. The van der Waals surface area contributed by atoms with Crippen LogP contribution in [0.2, 0.25) is 0 Å². The van der Waals surface area contributed by atoms with Crippen molar-refractivity contribution in [2.75, 3.05) is 5.32 Å². The van der Waals surface area contributed by atoms with Gasteiger partial charge in [-0.3, -0.25) is 0 Å². The van der Waals surface area contributed by atoms with E-state index < -0.39 is 0 Å². The molecule has 0 saturated carbocycles. The summed E-state index contributed by atoms with van der Waals surface area (Å²) in [5, 5.41) is 13.8. The van der Waals surface area contributed by atoms with Gasteiger partial charge >= 0.3 is 0 Å². The van der Waals surface area contributed by atoms with Crippen molar-refractivity contribution in [1.29, 1.82) is 0 Å². The van der Waals surface area contributed by atoms with Crippen LogP contribution in [0.5, 0.6) is 0 Å². The summed E-state index contributed by atoms with van der Waals surface area (Å²) in [5.41, 5.74) is 4.86. The van der Waals surface area contributed by atoms with Crippen LogP contribution < -0.4 is 5.32 Å². The van der Waals surface area contributed by atoms with Gasteiger partial charge in [0.25, 0.3) is 0 Å². The number of aliphatic hydroxyl groups excluding tert-OH is 1. The minimum absolute atomic E-state index is 0.00142. The summed E-state index contributed by atoms with van der Waals surface area (Å²) >= 11 is 1.68. The number of benzene rings is 2. The summed E-state index contributed by atoms with van der Waals surface area (Å²) in [6.45, 7) is 0.00142. The average molecular weight is 372 g/mol. The third-order valence-corrected chi connectivity index (χ3v) is 5.66. The summed E-state index contributed by atoms with van der Waals surface area (Å²) in [4.78, 5) is 13.2. The van der Waals surface area contributed by atoms with Crippen molar-refractivity contribution in [3.8, 4) is 10.4 Å². The molecule has 0 spiro atoms. The van der Waals surface area contributed by atoms with E-state index in [1.807, 2.05) is 42.5 Å². The van der Waals surface area contributed by atoms with Gasteiger partial charge in [-0.25, -0.2) is 9.97 Å². The highest BCUT2D eigenvalue weighted by atomic mass is 32.1. The first-order valence-corrected chi connectivity index (χ1v) is 9.41. The van der Waals surface area contributed by atoms with Crippen LogP contribution in [0.25, 0.3) is 31.6 Å². The number of aromatic nitrogens is 3. The monoisotopic (exact) mass is 372 g/mol. The molecule has 5 aromatic rings. The van der Waals surface area contributed by atoms with Gasteiger partial charge in [-0.15, -0.1) is 11.3 Å². The first kappa shape index (κ1) is 16.0. The van der Waals surface area contributed by atoms with Crippen molar-refractivity contribution in [3.05, 3.63) is 72.7 Å². The molecule has 0 atom stereocenters. The molecule has 3 heterocycles. The van der Waals surface area contributed by atoms with Gasteiger partial charge in [-0.2, -0.15) is 0 Å². The number of anilines is 2. The number of H-pyrrole nitrogens is 1. The molecule has 3 aromatic heterocycles. The second-order valence-corrected chi connectivity index (χ2v) is 7.35. The van der Waals surface area contributed by atoms with Crippen molar-refractivity contribution >= 4 is 44.0 Å². The van der Waals surface area contributed by atoms with Gasteiger partial charge < -0.3 is 15.4 Å². The fourth-order valence-electron chi connectivity index (χ4n) is 3.18. The molecule has 0 fully saturated rings. The van der Waals surface area contributed by atoms with E-state index in [9.17, 15) is 5.11 Å². The number of nitrogens with zero attached hydrogens (tertiary/aromatic N) is 2. The maximum absolute atomic E-state index is 9.30. The maximum atomic E-state index is 9.30. The Morgan fingerprint density at radius 3 is 2.74 bits per heavy atom. The largest absolute Gasteiger partial charge is 0.390 e. The summed E-state index contributed by atoms with van der Waals surface area (Å²) in [7, 11) is 0. The normalized spacial score (nSPS) is 11.3. The first-order chi connectivity index (χ1) is 13.3. The number of aliphatic hydroxyl groups is 1. The van der Waals surface area contributed by atoms with E-state index in [1.165, 1.54) is 10.4 Å². The summed E-state index contributed by atoms with van der Waals surface area (Å²) < 4.78 is 1.03. The molecule has 132 valence electrons. The molecule has 5 rings (SSSR count). The fourth-order valence-corrected chi connectivity index (χ4v) is 4.24. The Bertz CT molecular complexity index is 1240. The molecule has 0 bridgehead atoms. The van der Waals surface area contributed by atoms with Gasteiger partial charge in [0.1, 0.15) is 6.33 Å². The Labute approximate surface area is 159 Å². The van der Waals surface area contributed by atoms with E-state index in [0.29, 0.717) is 0 Å². The van der Waals surface area contributed by atoms with Crippen LogP contribution in [0.4, 0.5) is 11.5 Å². The third-order valence-electron chi connectivity index (χ3n) is 4.48. The number of thiophene rings is 1. The van der Waals surface area contributed by atoms with Crippen molar-refractivity contribution in [1.82, 2.24) is 15.0 Å². The van der Waals surface area contributed by atoms with Crippen molar-refractivity contribution in [3.63, 3.8) is 0 Å². The van der Waals surface area contributed by atoms with Gasteiger partial charge in [0.15, 0.2) is 5.82 Å². The van der Waals surface area contributed by atoms with Gasteiger partial charge in [-0.1, -0.05) is 30.3 Å². The van der Waals surface area contributed by atoms with Crippen LogP contribution in [0.15, 0.2) is 67.0 Å². The molecule has 0 saturated heterocycles. The van der Waals surface area contributed by atoms with Crippen LogP contribution in [0.3, 0.4) is 0 Å². The number of aromatic amines is 1. The van der Waals surface area contributed by atoms with Crippen molar-refractivity contribution in [2.24, 2.45) is 0 Å². The molecular weight excluding hydrogens is 356 g/mol. The highest BCUT2D eigenvalue weighted by Gasteiger charge is 2.11. The molecule has 0 amide bonds. The smallest absolute Gasteiger partial charge is 0.151 e. The number of fused-ring (bicyclic) bond motifs is 2. The highest BCUT2D eigenvalue weighted by molar-refractivity contribution is 7.22. The number of nitrogens with one attached hydrogen (secondary N) is 2. The summed E-state index contributed by atoms with van der Waals surface area (Å²) in [6, 6.07) is 20.4. The number of hydrogen-bond acceptors (Lipinski definition) is 5. The minimum atomic E-state index is 0.00142. The van der Waals surface area contributed by atoms with E-state index in [-0.39, 0.29) is 6.61 Å². The van der Waals surface area contributed by atoms with Gasteiger partial charge in [0.2, 0.25) is 0 Å². The lowest BCUT2D eigenvalue weighted by Crippen LogP contribution is -1.94. The zero-order valence-corrected chi connectivity index (χ0v) is 15.1. The lowest BCUT2D eigenvalue weighted by Gasteiger charge is -2.06. The molecule has 0 aliphatic heterocycles. The highest BCUT2D eigenvalue weighted by Crippen LogP contribution is 2.36. The Balaban J connectivity index is 1.54. The predicted octanol–water partition coefficient (Wildman–Crippen LogP) is 5.08. The molecule has 2 aromatic carbocycles. The van der Waals surface area contributed by atoms with Gasteiger partial charge in [0.05, 0.1) is 16.8 Å². The second kappa shape index (κ2) is 6.50. The number of rotatable bonds is 4. The third kappa shape index (κ3) is 2.95. The predicted molar refractivity (Wildman–Crippen MR) is 110 cm³/mol. The lowest BCUT2D eigenvalue weighted by molar-refractivity contribution is 0.278. The van der Waals surface area contributed by atoms with Crippen LogP contribution in [-0.4, -0.2) is 20.1 Å². The zero-order chi connectivity index (χ0) is 18.2. The molecule has 0 aliphatic carbocycles. The van der Waals surface area contributed by atoms with Crippen molar-refractivity contribution < 1.29 is 5.11 Å². The van der Waals surface area contributed by atoms with Crippen molar-refractivity contribution in [2.45, 2.75) is 6.61 Å². The molecule has 0 unspecified atom stereocenters. The fraction of sp³-hybridized carbons (Fsp3) is 0.0476. The van der Waals surface area contributed by atoms with Gasteiger partial charge in [0, 0.05) is 27.2 Å². The van der Waals surface area contributed by atoms with E-state index in [1.54, 1.807) is 17.7 Å². The Morgan fingerprint density at radius 1 is 1.00 bits per heavy atom. The Morgan fingerprint density at radius 2 is 1.89 bits per heavy atom. The molecule has 5 nitrogen and oxygen atoms in total. The van der Waals surface area contributed by atoms with Crippen LogP contribution in [-0.2, 0) is 6.61 Å². The maximum Gasteiger partial charge on any atom is 0.151 e. The average Bonchev–Trinajstić information content (AvgIpc) is 3.33. The van der Waals surface area contributed by atoms with Gasteiger partial charge in [-0.05, 0) is 35.9 Å². The van der Waals surface area contributed by atoms with E-state index in [2.05, 4.69) is 38.5 Å². The molecule has 0 radical (unpaired) electrons. The topological polar surface area (TPSA) is 73.8 Å². The van der Waals surface area contributed by atoms with Crippen LogP contribution >= 0.6 is 11.3 Å². The van der Waals surface area contributed by atoms with E-state index in [0.717, 1.165) is 38.3 Å². The molecule has 6 heteroatoms. The SMILES string of the molecule is OCc1cc2cc(Nc3ncnc4cc(-c5ccccc5)sc34)ccc2[nH]1. The number of hydrogen-bond donors (Lipinski definition) is 3. The molecule has 0 aliphatic rings. The zero-order valence-electron chi connectivity index (χ0n) is 14.3. The van der Waals surface area contributed by atoms with Crippen LogP contribution in [0.1, 0.15) is 5.69 Å². The van der Waals surface area contributed by atoms with E-state index in [4.69, 9.17) is 0 Å². The first-order valence-electron chi connectivity index (χ1n) is 8.60. The Hall–Kier alpha value is -3.22. The standard InChI is InChI=1S/C21H16N4OS/c26-11-16-9-14-8-15(6-7-17(14)24-16)25-21-20-18(22-12-23-21)10-19(27-20)13-4-2-1-3-5-13/h1-10,12,24,26H,11H2,(H,22,23,25). The molecule has 27 heavy (non-hydrogen) atoms. The summed E-state index contributed by atoms with van der Waals surface area (Å²) in [6.07, 6.45) is 1.59. The second-order valence-electron chi connectivity index (χ2n) is 6.29.